The molecule has 0 heterocycles. The highest BCUT2D eigenvalue weighted by molar-refractivity contribution is 5.71. The van der Waals surface area contributed by atoms with Gasteiger partial charge in [0, 0.05) is 13.2 Å². The van der Waals surface area contributed by atoms with Crippen LogP contribution in [0.3, 0.4) is 0 Å². The lowest BCUT2D eigenvalue weighted by Gasteiger charge is -2.19. The molecule has 0 aromatic heterocycles. The van der Waals surface area contributed by atoms with Crippen LogP contribution < -0.4 is 0 Å². The van der Waals surface area contributed by atoms with Crippen LogP contribution >= 0.6 is 0 Å². The fourth-order valence-corrected chi connectivity index (χ4v) is 3.64. The Hall–Kier alpha value is -1.07. The predicted octanol–water partition coefficient (Wildman–Crippen LogP) is 7.53. The first kappa shape index (κ1) is 36.9. The molecule has 0 N–H and O–H groups in total. The van der Waals surface area contributed by atoms with E-state index >= 15 is 0 Å². The van der Waals surface area contributed by atoms with Crippen molar-refractivity contribution in [2.75, 3.05) is 39.6 Å². The standard InChI is InChI=1S/C29H56O9/c1-5-6-7-8-9-10-13-16-19-22-31-23-20-17-14-11-12-15-18-21-24-33-36-38-37-34-26-25-32-27-28(30)35-29(2,3)4/h5H,1,6-27H2,2-4H3. The second kappa shape index (κ2) is 28.9. The van der Waals surface area contributed by atoms with Crippen LogP contribution in [0.2, 0.25) is 0 Å². The minimum Gasteiger partial charge on any atom is -0.458 e. The third-order valence-electron chi connectivity index (χ3n) is 5.57. The fraction of sp³-hybridized carbons (Fsp3) is 0.897. The third kappa shape index (κ3) is 33.0. The maximum atomic E-state index is 11.4. The van der Waals surface area contributed by atoms with Crippen LogP contribution in [0.4, 0.5) is 0 Å². The van der Waals surface area contributed by atoms with E-state index in [-0.39, 0.29) is 19.8 Å². The zero-order chi connectivity index (χ0) is 28.0. The number of carbonyl (C=O) groups excluding carboxylic acids is 1. The molecule has 0 atom stereocenters. The van der Waals surface area contributed by atoms with Crippen molar-refractivity contribution in [2.45, 2.75) is 129 Å². The van der Waals surface area contributed by atoms with Gasteiger partial charge in [0.05, 0.1) is 13.2 Å². The number of ether oxygens (including phenoxy) is 3. The van der Waals surface area contributed by atoms with Gasteiger partial charge in [0.2, 0.25) is 0 Å². The zero-order valence-electron chi connectivity index (χ0n) is 24.5. The molecular formula is C29H56O9. The summed E-state index contributed by atoms with van der Waals surface area (Å²) in [6.07, 6.45) is 21.7. The Morgan fingerprint density at radius 3 is 1.58 bits per heavy atom. The zero-order valence-corrected chi connectivity index (χ0v) is 24.5. The molecule has 0 saturated heterocycles. The van der Waals surface area contributed by atoms with Crippen molar-refractivity contribution >= 4 is 5.97 Å². The van der Waals surface area contributed by atoms with Crippen molar-refractivity contribution in [3.05, 3.63) is 12.7 Å². The van der Waals surface area contributed by atoms with Crippen LogP contribution in [0.15, 0.2) is 12.7 Å². The van der Waals surface area contributed by atoms with Crippen molar-refractivity contribution in [1.29, 1.82) is 0 Å². The monoisotopic (exact) mass is 548 g/mol. The average molecular weight is 549 g/mol. The SMILES string of the molecule is C=CCCCCCCCCCOCCCCCCCCCCOOOOOCCOCC(=O)OC(C)(C)C. The summed E-state index contributed by atoms with van der Waals surface area (Å²) in [5.74, 6) is -0.440. The molecule has 226 valence electrons. The largest absolute Gasteiger partial charge is 0.458 e. The minimum absolute atomic E-state index is 0.0521. The molecule has 0 aliphatic heterocycles. The van der Waals surface area contributed by atoms with Crippen LogP contribution in [-0.2, 0) is 43.9 Å². The summed E-state index contributed by atoms with van der Waals surface area (Å²) in [4.78, 5) is 20.9. The number of unbranched alkanes of at least 4 members (excludes halogenated alkanes) is 14. The summed E-state index contributed by atoms with van der Waals surface area (Å²) < 4.78 is 15.9. The molecule has 0 saturated carbocycles. The molecule has 38 heavy (non-hydrogen) atoms. The summed E-state index contributed by atoms with van der Waals surface area (Å²) in [5.41, 5.74) is -0.536. The molecular weight excluding hydrogens is 492 g/mol. The van der Waals surface area contributed by atoms with Gasteiger partial charge in [-0.05, 0) is 68.0 Å². The van der Waals surface area contributed by atoms with E-state index < -0.39 is 11.6 Å². The van der Waals surface area contributed by atoms with E-state index in [1.54, 1.807) is 20.8 Å². The molecule has 9 heteroatoms. The molecule has 0 aliphatic carbocycles. The summed E-state index contributed by atoms with van der Waals surface area (Å²) >= 11 is 0. The molecule has 0 spiro atoms. The minimum atomic E-state index is -0.536. The first-order chi connectivity index (χ1) is 18.5. The molecule has 0 unspecified atom stereocenters. The van der Waals surface area contributed by atoms with Crippen molar-refractivity contribution in [3.63, 3.8) is 0 Å². The van der Waals surface area contributed by atoms with Gasteiger partial charge in [-0.1, -0.05) is 76.7 Å². The number of hydrogen-bond acceptors (Lipinski definition) is 9. The van der Waals surface area contributed by atoms with Gasteiger partial charge in [-0.3, -0.25) is 0 Å². The van der Waals surface area contributed by atoms with Gasteiger partial charge in [-0.2, -0.15) is 0 Å². The van der Waals surface area contributed by atoms with Gasteiger partial charge in [0.25, 0.3) is 0 Å². The lowest BCUT2D eigenvalue weighted by atomic mass is 10.1. The summed E-state index contributed by atoms with van der Waals surface area (Å²) in [7, 11) is 0. The van der Waals surface area contributed by atoms with Crippen LogP contribution in [0.1, 0.15) is 124 Å². The van der Waals surface area contributed by atoms with Gasteiger partial charge in [-0.15, -0.1) is 6.58 Å². The summed E-state index contributed by atoms with van der Waals surface area (Å²) in [5, 5.41) is 13.0. The number of hydrogen-bond donors (Lipinski definition) is 0. The van der Waals surface area contributed by atoms with Gasteiger partial charge >= 0.3 is 5.97 Å². The quantitative estimate of drug-likeness (QED) is 0.0297. The smallest absolute Gasteiger partial charge is 0.332 e. The maximum Gasteiger partial charge on any atom is 0.332 e. The third-order valence-corrected chi connectivity index (χ3v) is 5.57. The van der Waals surface area contributed by atoms with Gasteiger partial charge in [0.15, 0.2) is 0 Å². The highest BCUT2D eigenvalue weighted by atomic mass is 17.8. The Balaban J connectivity index is 3.10. The Kier molecular flexibility index (Phi) is 28.1. The normalized spacial score (nSPS) is 11.7. The lowest BCUT2D eigenvalue weighted by molar-refractivity contribution is -0.708. The highest BCUT2D eigenvalue weighted by Crippen LogP contribution is 2.11. The van der Waals surface area contributed by atoms with Crippen LogP contribution in [0, 0.1) is 0 Å². The van der Waals surface area contributed by atoms with Gasteiger partial charge in [0.1, 0.15) is 18.8 Å². The van der Waals surface area contributed by atoms with E-state index in [9.17, 15) is 4.79 Å². The van der Waals surface area contributed by atoms with E-state index in [0.717, 1.165) is 32.5 Å². The van der Waals surface area contributed by atoms with E-state index in [1.807, 2.05) is 6.08 Å². The van der Waals surface area contributed by atoms with Crippen molar-refractivity contribution in [2.24, 2.45) is 0 Å². The van der Waals surface area contributed by atoms with Crippen LogP contribution in [0.25, 0.3) is 0 Å². The molecule has 0 rings (SSSR count). The molecule has 0 amide bonds. The Morgan fingerprint density at radius 1 is 0.579 bits per heavy atom. The molecule has 0 aromatic rings. The number of carbonyl (C=O) groups is 1. The van der Waals surface area contributed by atoms with E-state index in [4.69, 9.17) is 19.1 Å². The summed E-state index contributed by atoms with van der Waals surface area (Å²) in [6, 6.07) is 0. The summed E-state index contributed by atoms with van der Waals surface area (Å²) in [6.45, 7) is 11.4. The molecule has 0 aliphatic rings. The average Bonchev–Trinajstić information content (AvgIpc) is 2.86. The van der Waals surface area contributed by atoms with Crippen LogP contribution in [0.5, 0.6) is 0 Å². The van der Waals surface area contributed by atoms with Gasteiger partial charge in [-0.25, -0.2) is 14.6 Å². The number of allylic oxidation sites excluding steroid dienone is 1. The Morgan fingerprint density at radius 2 is 1.05 bits per heavy atom. The highest BCUT2D eigenvalue weighted by Gasteiger charge is 2.15. The van der Waals surface area contributed by atoms with Gasteiger partial charge < -0.3 is 14.2 Å². The number of rotatable bonds is 30. The van der Waals surface area contributed by atoms with Crippen molar-refractivity contribution in [1.82, 2.24) is 0 Å². The topological polar surface area (TPSA) is 90.9 Å². The fourth-order valence-electron chi connectivity index (χ4n) is 3.64. The molecule has 0 aromatic carbocycles. The molecule has 0 fully saturated rings. The van der Waals surface area contributed by atoms with E-state index in [0.29, 0.717) is 6.61 Å². The number of esters is 1. The van der Waals surface area contributed by atoms with E-state index in [2.05, 4.69) is 26.6 Å². The molecule has 0 radical (unpaired) electrons. The molecule has 0 bridgehead atoms. The first-order valence-corrected chi connectivity index (χ1v) is 14.7. The Labute approximate surface area is 231 Å². The maximum absolute atomic E-state index is 11.4. The van der Waals surface area contributed by atoms with Crippen molar-refractivity contribution < 1.29 is 43.9 Å². The van der Waals surface area contributed by atoms with Crippen LogP contribution in [-0.4, -0.2) is 51.2 Å². The second-order valence-electron chi connectivity index (χ2n) is 10.5. The van der Waals surface area contributed by atoms with Crippen molar-refractivity contribution in [3.8, 4) is 0 Å². The lowest BCUT2D eigenvalue weighted by Crippen LogP contribution is -2.27. The first-order valence-electron chi connectivity index (χ1n) is 14.7. The molecule has 9 nitrogen and oxygen atoms in total. The second-order valence-corrected chi connectivity index (χ2v) is 10.5. The van der Waals surface area contributed by atoms with E-state index in [1.165, 1.54) is 83.5 Å². The predicted molar refractivity (Wildman–Crippen MR) is 147 cm³/mol. The Bertz CT molecular complexity index is 509.